The summed E-state index contributed by atoms with van der Waals surface area (Å²) in [5, 5.41) is 0. The second-order valence-corrected chi connectivity index (χ2v) is 5.57. The van der Waals surface area contributed by atoms with Gasteiger partial charge in [0.2, 0.25) is 5.91 Å². The van der Waals surface area contributed by atoms with Gasteiger partial charge in [-0.1, -0.05) is 12.1 Å². The zero-order valence-electron chi connectivity index (χ0n) is 14.3. The number of hydrogen-bond donors (Lipinski definition) is 0. The first-order valence-electron chi connectivity index (χ1n) is 7.56. The molecule has 1 atom stereocenters. The molecule has 1 amide bonds. The summed E-state index contributed by atoms with van der Waals surface area (Å²) in [5.74, 6) is 0.957. The van der Waals surface area contributed by atoms with Gasteiger partial charge in [0.1, 0.15) is 5.75 Å². The van der Waals surface area contributed by atoms with Crippen molar-refractivity contribution in [2.45, 2.75) is 25.9 Å². The standard InChI is InChI=1S/C17H28N2O3/c1-14(17(20)18(2)3)19(11-6-12-21-4)13-15-7-9-16(22-5)10-8-15/h7-10,14H,6,11-13H2,1-5H3. The number of nitrogens with zero attached hydrogens (tertiary/aromatic N) is 2. The highest BCUT2D eigenvalue weighted by Crippen LogP contribution is 2.15. The van der Waals surface area contributed by atoms with Crippen LogP contribution in [0.25, 0.3) is 0 Å². The van der Waals surface area contributed by atoms with Crippen LogP contribution in [0.1, 0.15) is 18.9 Å². The van der Waals surface area contributed by atoms with Crippen LogP contribution in [0.2, 0.25) is 0 Å². The molecule has 0 aliphatic rings. The fourth-order valence-electron chi connectivity index (χ4n) is 2.32. The lowest BCUT2D eigenvalue weighted by atomic mass is 10.1. The van der Waals surface area contributed by atoms with Crippen LogP contribution in [0, 0.1) is 0 Å². The van der Waals surface area contributed by atoms with Crippen LogP contribution in [-0.2, 0) is 16.1 Å². The number of methoxy groups -OCH3 is 2. The Balaban J connectivity index is 2.77. The molecule has 0 N–H and O–H groups in total. The van der Waals surface area contributed by atoms with Crippen molar-refractivity contribution in [3.8, 4) is 5.75 Å². The van der Waals surface area contributed by atoms with Gasteiger partial charge < -0.3 is 14.4 Å². The molecule has 0 aliphatic carbocycles. The van der Waals surface area contributed by atoms with Gasteiger partial charge in [-0.2, -0.15) is 0 Å². The lowest BCUT2D eigenvalue weighted by Crippen LogP contribution is -2.44. The molecule has 1 aromatic rings. The number of amides is 1. The highest BCUT2D eigenvalue weighted by molar-refractivity contribution is 5.80. The molecule has 0 aliphatic heterocycles. The van der Waals surface area contributed by atoms with Crippen molar-refractivity contribution in [3.05, 3.63) is 29.8 Å². The van der Waals surface area contributed by atoms with E-state index in [0.717, 1.165) is 30.8 Å². The Morgan fingerprint density at radius 1 is 1.18 bits per heavy atom. The van der Waals surface area contributed by atoms with Gasteiger partial charge in [-0.05, 0) is 31.0 Å². The fourth-order valence-corrected chi connectivity index (χ4v) is 2.32. The molecule has 0 fully saturated rings. The third-order valence-corrected chi connectivity index (χ3v) is 3.68. The van der Waals surface area contributed by atoms with E-state index >= 15 is 0 Å². The van der Waals surface area contributed by atoms with Crippen LogP contribution in [0.5, 0.6) is 5.75 Å². The third kappa shape index (κ3) is 5.66. The molecular formula is C17H28N2O3. The van der Waals surface area contributed by atoms with Crippen LogP contribution in [0.4, 0.5) is 0 Å². The Hall–Kier alpha value is -1.59. The molecule has 0 spiro atoms. The molecule has 0 heterocycles. The Kier molecular flexibility index (Phi) is 7.91. The molecule has 1 aromatic carbocycles. The summed E-state index contributed by atoms with van der Waals surface area (Å²) in [6.07, 6.45) is 0.900. The van der Waals surface area contributed by atoms with Crippen molar-refractivity contribution >= 4 is 5.91 Å². The Morgan fingerprint density at radius 3 is 2.32 bits per heavy atom. The first-order chi connectivity index (χ1) is 10.5. The van der Waals surface area contributed by atoms with Crippen LogP contribution >= 0.6 is 0 Å². The minimum Gasteiger partial charge on any atom is -0.497 e. The summed E-state index contributed by atoms with van der Waals surface area (Å²) in [5.41, 5.74) is 1.16. The van der Waals surface area contributed by atoms with Crippen LogP contribution < -0.4 is 4.74 Å². The predicted octanol–water partition coefficient (Wildman–Crippen LogP) is 2.01. The highest BCUT2D eigenvalue weighted by Gasteiger charge is 2.22. The van der Waals surface area contributed by atoms with E-state index < -0.39 is 0 Å². The summed E-state index contributed by atoms with van der Waals surface area (Å²) in [6, 6.07) is 7.81. The quantitative estimate of drug-likeness (QED) is 0.655. The van der Waals surface area contributed by atoms with Crippen LogP contribution in [-0.4, -0.2) is 63.2 Å². The molecule has 0 bridgehead atoms. The average molecular weight is 308 g/mol. The molecule has 1 unspecified atom stereocenters. The van der Waals surface area contributed by atoms with E-state index in [-0.39, 0.29) is 11.9 Å². The Labute approximate surface area is 133 Å². The van der Waals surface area contributed by atoms with E-state index in [1.54, 1.807) is 33.2 Å². The third-order valence-electron chi connectivity index (χ3n) is 3.68. The van der Waals surface area contributed by atoms with E-state index in [0.29, 0.717) is 6.61 Å². The molecule has 1 rings (SSSR count). The molecule has 0 saturated carbocycles. The summed E-state index contributed by atoms with van der Waals surface area (Å²) in [4.78, 5) is 16.1. The zero-order chi connectivity index (χ0) is 16.5. The Bertz CT molecular complexity index is 446. The van der Waals surface area contributed by atoms with Crippen molar-refractivity contribution in [3.63, 3.8) is 0 Å². The largest absolute Gasteiger partial charge is 0.497 e. The van der Waals surface area contributed by atoms with Gasteiger partial charge in [0.05, 0.1) is 13.2 Å². The predicted molar refractivity (Wildman–Crippen MR) is 88.1 cm³/mol. The van der Waals surface area contributed by atoms with Crippen molar-refractivity contribution in [1.29, 1.82) is 0 Å². The maximum absolute atomic E-state index is 12.2. The summed E-state index contributed by atoms with van der Waals surface area (Å²) >= 11 is 0. The molecular weight excluding hydrogens is 280 g/mol. The maximum Gasteiger partial charge on any atom is 0.239 e. The number of rotatable bonds is 9. The van der Waals surface area contributed by atoms with Gasteiger partial charge in [-0.25, -0.2) is 0 Å². The second-order valence-electron chi connectivity index (χ2n) is 5.57. The van der Waals surface area contributed by atoms with Gasteiger partial charge in [0.25, 0.3) is 0 Å². The van der Waals surface area contributed by atoms with Crippen molar-refractivity contribution < 1.29 is 14.3 Å². The molecule has 124 valence electrons. The average Bonchev–Trinajstić information content (AvgIpc) is 2.53. The lowest BCUT2D eigenvalue weighted by molar-refractivity contribution is -0.134. The maximum atomic E-state index is 12.2. The van der Waals surface area contributed by atoms with Crippen molar-refractivity contribution in [1.82, 2.24) is 9.80 Å². The molecule has 22 heavy (non-hydrogen) atoms. The van der Waals surface area contributed by atoms with E-state index in [9.17, 15) is 4.79 Å². The Morgan fingerprint density at radius 2 is 1.82 bits per heavy atom. The number of likely N-dealkylation sites (N-methyl/N-ethyl adjacent to an activating group) is 1. The molecule has 0 aromatic heterocycles. The van der Waals surface area contributed by atoms with Gasteiger partial charge in [-0.3, -0.25) is 9.69 Å². The second kappa shape index (κ2) is 9.43. The minimum absolute atomic E-state index is 0.117. The molecule has 5 nitrogen and oxygen atoms in total. The molecule has 0 radical (unpaired) electrons. The summed E-state index contributed by atoms with van der Waals surface area (Å²) in [7, 11) is 6.94. The first-order valence-corrected chi connectivity index (χ1v) is 7.56. The topological polar surface area (TPSA) is 42.0 Å². The number of hydrogen-bond acceptors (Lipinski definition) is 4. The zero-order valence-corrected chi connectivity index (χ0v) is 14.3. The van der Waals surface area contributed by atoms with Gasteiger partial charge in [0.15, 0.2) is 0 Å². The molecule has 5 heteroatoms. The normalized spacial score (nSPS) is 12.3. The van der Waals surface area contributed by atoms with Gasteiger partial charge in [0, 0.05) is 40.9 Å². The van der Waals surface area contributed by atoms with Crippen molar-refractivity contribution in [2.75, 3.05) is 41.5 Å². The first kappa shape index (κ1) is 18.5. The highest BCUT2D eigenvalue weighted by atomic mass is 16.5. The number of ether oxygens (including phenoxy) is 2. The number of carbonyl (C=O) groups excluding carboxylic acids is 1. The van der Waals surface area contributed by atoms with Crippen LogP contribution in [0.15, 0.2) is 24.3 Å². The van der Waals surface area contributed by atoms with E-state index in [1.165, 1.54) is 0 Å². The number of benzene rings is 1. The minimum atomic E-state index is -0.158. The van der Waals surface area contributed by atoms with E-state index in [1.807, 2.05) is 31.2 Å². The lowest BCUT2D eigenvalue weighted by Gasteiger charge is -2.30. The smallest absolute Gasteiger partial charge is 0.239 e. The number of carbonyl (C=O) groups is 1. The van der Waals surface area contributed by atoms with Crippen molar-refractivity contribution in [2.24, 2.45) is 0 Å². The van der Waals surface area contributed by atoms with E-state index in [2.05, 4.69) is 4.90 Å². The fraction of sp³-hybridized carbons (Fsp3) is 0.588. The van der Waals surface area contributed by atoms with Gasteiger partial charge in [-0.15, -0.1) is 0 Å². The van der Waals surface area contributed by atoms with Crippen LogP contribution in [0.3, 0.4) is 0 Å². The molecule has 0 saturated heterocycles. The summed E-state index contributed by atoms with van der Waals surface area (Å²) < 4.78 is 10.3. The SMILES string of the molecule is COCCCN(Cc1ccc(OC)cc1)C(C)C(=O)N(C)C. The van der Waals surface area contributed by atoms with E-state index in [4.69, 9.17) is 9.47 Å². The van der Waals surface area contributed by atoms with Gasteiger partial charge >= 0.3 is 0 Å². The monoisotopic (exact) mass is 308 g/mol. The summed E-state index contributed by atoms with van der Waals surface area (Å²) in [6.45, 7) is 4.20.